The van der Waals surface area contributed by atoms with Crippen molar-refractivity contribution in [1.82, 2.24) is 20.4 Å². The fraction of sp³-hybridized carbons (Fsp3) is 0.550. The predicted octanol–water partition coefficient (Wildman–Crippen LogP) is -0.459. The van der Waals surface area contributed by atoms with Gasteiger partial charge in [0.2, 0.25) is 11.8 Å². The molecule has 0 radical (unpaired) electrons. The van der Waals surface area contributed by atoms with Gasteiger partial charge in [-0.1, -0.05) is 6.07 Å². The van der Waals surface area contributed by atoms with Gasteiger partial charge in [-0.2, -0.15) is 0 Å². The molecule has 4 heterocycles. The van der Waals surface area contributed by atoms with E-state index in [1.165, 1.54) is 0 Å². The van der Waals surface area contributed by atoms with Gasteiger partial charge in [0, 0.05) is 75.1 Å². The summed E-state index contributed by atoms with van der Waals surface area (Å²) in [7, 11) is 0. The lowest BCUT2D eigenvalue weighted by molar-refractivity contribution is -0.136. The third kappa shape index (κ3) is 2.87. The summed E-state index contributed by atoms with van der Waals surface area (Å²) in [5.74, 6) is -0.724. The van der Waals surface area contributed by atoms with E-state index in [-0.39, 0.29) is 24.1 Å². The van der Waals surface area contributed by atoms with Gasteiger partial charge < -0.3 is 15.1 Å². The van der Waals surface area contributed by atoms with Crippen LogP contribution in [0.1, 0.15) is 28.8 Å². The Morgan fingerprint density at radius 1 is 1.04 bits per heavy atom. The van der Waals surface area contributed by atoms with Crippen LogP contribution < -0.4 is 15.5 Å². The Bertz CT molecular complexity index is 829. The zero-order valence-electron chi connectivity index (χ0n) is 15.8. The fourth-order valence-corrected chi connectivity index (χ4v) is 4.80. The Hall–Kier alpha value is -2.45. The van der Waals surface area contributed by atoms with Crippen LogP contribution in [-0.2, 0) is 16.1 Å². The summed E-state index contributed by atoms with van der Waals surface area (Å²) < 4.78 is 0. The van der Waals surface area contributed by atoms with Crippen LogP contribution in [0.3, 0.4) is 0 Å². The Morgan fingerprint density at radius 3 is 2.57 bits per heavy atom. The van der Waals surface area contributed by atoms with E-state index in [0.717, 1.165) is 50.5 Å². The van der Waals surface area contributed by atoms with E-state index in [2.05, 4.69) is 26.5 Å². The summed E-state index contributed by atoms with van der Waals surface area (Å²) in [4.78, 5) is 43.1. The van der Waals surface area contributed by atoms with Crippen LogP contribution in [0.5, 0.6) is 0 Å². The molecular formula is C20H25N5O3. The molecule has 148 valence electrons. The Kier molecular flexibility index (Phi) is 4.32. The van der Waals surface area contributed by atoms with Crippen LogP contribution in [0.15, 0.2) is 18.2 Å². The average Bonchev–Trinajstić information content (AvgIpc) is 2.99. The summed E-state index contributed by atoms with van der Waals surface area (Å²) in [6.45, 7) is 6.66. The lowest BCUT2D eigenvalue weighted by Crippen LogP contribution is -2.63. The second-order valence-corrected chi connectivity index (χ2v) is 8.05. The summed E-state index contributed by atoms with van der Waals surface area (Å²) >= 11 is 0. The van der Waals surface area contributed by atoms with E-state index < -0.39 is 6.04 Å². The maximum Gasteiger partial charge on any atom is 0.255 e. The third-order valence-electron chi connectivity index (χ3n) is 6.43. The number of imide groups is 1. The van der Waals surface area contributed by atoms with Crippen molar-refractivity contribution >= 4 is 23.4 Å². The lowest BCUT2D eigenvalue weighted by atomic mass is 10.0. The monoisotopic (exact) mass is 383 g/mol. The van der Waals surface area contributed by atoms with Crippen molar-refractivity contribution < 1.29 is 14.4 Å². The number of hydrogen-bond acceptors (Lipinski definition) is 6. The van der Waals surface area contributed by atoms with Crippen molar-refractivity contribution in [2.45, 2.75) is 31.5 Å². The third-order valence-corrected chi connectivity index (χ3v) is 6.43. The highest BCUT2D eigenvalue weighted by molar-refractivity contribution is 6.06. The number of carbonyl (C=O) groups is 3. The van der Waals surface area contributed by atoms with E-state index in [9.17, 15) is 14.4 Å². The Morgan fingerprint density at radius 2 is 1.82 bits per heavy atom. The van der Waals surface area contributed by atoms with Gasteiger partial charge >= 0.3 is 0 Å². The molecule has 0 bridgehead atoms. The van der Waals surface area contributed by atoms with Gasteiger partial charge in [0.1, 0.15) is 6.04 Å². The second kappa shape index (κ2) is 6.86. The number of piperidine rings is 1. The molecule has 4 aliphatic heterocycles. The molecule has 0 saturated carbocycles. The molecular weight excluding hydrogens is 358 g/mol. The molecule has 2 N–H and O–H groups in total. The van der Waals surface area contributed by atoms with Gasteiger partial charge in [-0.15, -0.1) is 0 Å². The lowest BCUT2D eigenvalue weighted by Gasteiger charge is -2.48. The number of carbonyl (C=O) groups excluding carboxylic acids is 3. The number of nitrogens with zero attached hydrogens (tertiary/aromatic N) is 3. The van der Waals surface area contributed by atoms with E-state index in [4.69, 9.17) is 0 Å². The van der Waals surface area contributed by atoms with Gasteiger partial charge in [0.05, 0.1) is 0 Å². The predicted molar refractivity (Wildman–Crippen MR) is 103 cm³/mol. The first-order chi connectivity index (χ1) is 13.6. The summed E-state index contributed by atoms with van der Waals surface area (Å²) in [6, 6.07) is 5.86. The van der Waals surface area contributed by atoms with E-state index in [0.29, 0.717) is 24.6 Å². The smallest absolute Gasteiger partial charge is 0.255 e. The van der Waals surface area contributed by atoms with Crippen molar-refractivity contribution in [2.75, 3.05) is 44.2 Å². The number of piperazine rings is 1. The molecule has 0 aliphatic carbocycles. The van der Waals surface area contributed by atoms with Crippen LogP contribution in [0.25, 0.3) is 0 Å². The number of hydrogen-bond donors (Lipinski definition) is 2. The van der Waals surface area contributed by atoms with Crippen LogP contribution in [0.4, 0.5) is 5.69 Å². The van der Waals surface area contributed by atoms with Crippen LogP contribution in [-0.4, -0.2) is 78.9 Å². The number of anilines is 1. The number of rotatable bonds is 3. The minimum Gasteiger partial charge on any atom is -0.368 e. The average molecular weight is 383 g/mol. The largest absolute Gasteiger partial charge is 0.368 e. The first-order valence-corrected chi connectivity index (χ1v) is 10.1. The summed E-state index contributed by atoms with van der Waals surface area (Å²) in [5, 5.41) is 5.75. The maximum absolute atomic E-state index is 12.9. The van der Waals surface area contributed by atoms with Crippen molar-refractivity contribution in [2.24, 2.45) is 0 Å². The molecule has 0 spiro atoms. The SMILES string of the molecule is O=C1CCC(N2Cc3c(cccc3N3CC(N4CCNCC4)C3)C2=O)C(=O)N1. The van der Waals surface area contributed by atoms with Gasteiger partial charge in [-0.05, 0) is 18.6 Å². The van der Waals surface area contributed by atoms with Gasteiger partial charge in [0.25, 0.3) is 5.91 Å². The van der Waals surface area contributed by atoms with E-state index >= 15 is 0 Å². The molecule has 3 fully saturated rings. The number of nitrogens with one attached hydrogen (secondary N) is 2. The molecule has 28 heavy (non-hydrogen) atoms. The molecule has 1 atom stereocenters. The zero-order chi connectivity index (χ0) is 19.3. The van der Waals surface area contributed by atoms with Crippen molar-refractivity contribution in [3.05, 3.63) is 29.3 Å². The van der Waals surface area contributed by atoms with Gasteiger partial charge in [-0.3, -0.25) is 24.6 Å². The number of amides is 3. The molecule has 1 unspecified atom stereocenters. The standard InChI is InChI=1S/C20H25N5O3/c26-18-5-4-17(19(27)22-18)25-12-15-14(20(25)28)2-1-3-16(15)24-10-13(11-24)23-8-6-21-7-9-23/h1-3,13,17,21H,4-12H2,(H,22,26,27). The molecule has 1 aromatic carbocycles. The van der Waals surface area contributed by atoms with Gasteiger partial charge in [0.15, 0.2) is 0 Å². The summed E-state index contributed by atoms with van der Waals surface area (Å²) in [6.07, 6.45) is 0.677. The normalized spacial score (nSPS) is 26.3. The van der Waals surface area contributed by atoms with Crippen LogP contribution in [0, 0.1) is 0 Å². The Labute approximate surface area is 163 Å². The maximum atomic E-state index is 12.9. The highest BCUT2D eigenvalue weighted by Gasteiger charge is 2.41. The van der Waals surface area contributed by atoms with Gasteiger partial charge in [-0.25, -0.2) is 0 Å². The minimum atomic E-state index is -0.560. The molecule has 5 rings (SSSR count). The quantitative estimate of drug-likeness (QED) is 0.688. The van der Waals surface area contributed by atoms with Crippen LogP contribution in [0.2, 0.25) is 0 Å². The fourth-order valence-electron chi connectivity index (χ4n) is 4.80. The van der Waals surface area contributed by atoms with E-state index in [1.807, 2.05) is 12.1 Å². The summed E-state index contributed by atoms with van der Waals surface area (Å²) in [5.41, 5.74) is 2.80. The molecule has 3 saturated heterocycles. The van der Waals surface area contributed by atoms with Crippen molar-refractivity contribution in [3.63, 3.8) is 0 Å². The van der Waals surface area contributed by atoms with Crippen molar-refractivity contribution in [1.29, 1.82) is 0 Å². The number of benzene rings is 1. The van der Waals surface area contributed by atoms with E-state index in [1.54, 1.807) is 4.90 Å². The molecule has 1 aromatic rings. The first kappa shape index (κ1) is 17.6. The first-order valence-electron chi connectivity index (χ1n) is 10.1. The van der Waals surface area contributed by atoms with Crippen LogP contribution >= 0.6 is 0 Å². The number of fused-ring (bicyclic) bond motifs is 1. The minimum absolute atomic E-state index is 0.106. The van der Waals surface area contributed by atoms with Crippen molar-refractivity contribution in [3.8, 4) is 0 Å². The Balaban J connectivity index is 1.32. The highest BCUT2D eigenvalue weighted by Crippen LogP contribution is 2.36. The topological polar surface area (TPSA) is 85.0 Å². The molecule has 8 nitrogen and oxygen atoms in total. The molecule has 8 heteroatoms. The highest BCUT2D eigenvalue weighted by atomic mass is 16.2. The zero-order valence-corrected chi connectivity index (χ0v) is 15.8. The second-order valence-electron chi connectivity index (χ2n) is 8.05. The molecule has 4 aliphatic rings. The molecule has 3 amide bonds. The molecule has 0 aromatic heterocycles.